The van der Waals surface area contributed by atoms with Gasteiger partial charge < -0.3 is 25.2 Å². The number of H-pyrrole nitrogens is 1. The fourth-order valence-corrected chi connectivity index (χ4v) is 9.56. The molecule has 0 bridgehead atoms. The summed E-state index contributed by atoms with van der Waals surface area (Å²) < 4.78 is 56.5. The molecule has 0 saturated carbocycles. The molecule has 1 aliphatic rings. The van der Waals surface area contributed by atoms with E-state index in [1.54, 1.807) is 31.2 Å². The molecule has 8 aromatic rings. The van der Waals surface area contributed by atoms with E-state index in [-0.39, 0.29) is 33.7 Å². The smallest absolute Gasteiger partial charge is 0.339 e. The molecule has 16 nitrogen and oxygen atoms in total. The van der Waals surface area contributed by atoms with Gasteiger partial charge in [-0.2, -0.15) is 8.42 Å². The Morgan fingerprint density at radius 1 is 0.720 bits per heavy atom. The molecule has 75 heavy (non-hydrogen) atoms. The highest BCUT2D eigenvalue weighted by molar-refractivity contribution is 7.88. The van der Waals surface area contributed by atoms with Crippen LogP contribution in [0.15, 0.2) is 172 Å². The molecule has 19 heteroatoms. The van der Waals surface area contributed by atoms with Crippen molar-refractivity contribution in [2.45, 2.75) is 32.1 Å². The minimum Gasteiger partial charge on any atom is -0.505 e. The summed E-state index contributed by atoms with van der Waals surface area (Å²) in [6, 6.07) is 46.2. The number of nitrogens with zero attached hydrogens (tertiary/aromatic N) is 4. The highest BCUT2D eigenvalue weighted by Crippen LogP contribution is 2.41. The molecule has 0 fully saturated rings. The van der Waals surface area contributed by atoms with Crippen LogP contribution in [-0.2, 0) is 20.1 Å². The number of hydrogen-bond donors (Lipinski definition) is 6. The second-order valence-corrected chi connectivity index (χ2v) is 20.8. The number of carbonyl (C=O) groups excluding carboxylic acids is 1. The Labute approximate surface area is 439 Å². The third kappa shape index (κ3) is 13.5. The van der Waals surface area contributed by atoms with Crippen LogP contribution in [0, 0.1) is 6.92 Å². The molecule has 0 spiro atoms. The van der Waals surface area contributed by atoms with Gasteiger partial charge >= 0.3 is 5.97 Å². The van der Waals surface area contributed by atoms with Crippen LogP contribution in [0.2, 0.25) is 5.02 Å². The lowest BCUT2D eigenvalue weighted by Crippen LogP contribution is -2.29. The van der Waals surface area contributed by atoms with E-state index < -0.39 is 36.8 Å². The van der Waals surface area contributed by atoms with Gasteiger partial charge in [-0.25, -0.2) is 22.9 Å². The zero-order valence-electron chi connectivity index (χ0n) is 41.2. The van der Waals surface area contributed by atoms with Crippen LogP contribution < -0.4 is 4.72 Å². The van der Waals surface area contributed by atoms with E-state index in [1.165, 1.54) is 18.4 Å². The van der Waals surface area contributed by atoms with Crippen LogP contribution in [0.3, 0.4) is 0 Å². The van der Waals surface area contributed by atoms with E-state index in [4.69, 9.17) is 11.6 Å². The molecule has 0 aliphatic carbocycles. The first-order chi connectivity index (χ1) is 35.8. The Hall–Kier alpha value is -7.84. The standard InChI is InChI=1S/C30H20N2O2.C18H13ClN2O6S.C8H20N2O2S/c33-29-25-26(28(32-29)24-17-13-22(14-18-24)20-9-5-2-6-10-20)30(34)31-27(25)23-15-11-21(12-16-23)19-7-3-1-4-8-19;1-9-6-15(28(25,26)27)14(8-13(9)19)20-21-16-11-5-3-2-4-10(11)7-12(17(16)22)18(23)24;1-4-10(5-2)8-6-7-9-13(3,11)12/h1-18,31,34H;2-8,22H,1H3,(H,23,24)(H,25,26,27);9H,4-8H2,1-3H3. The second kappa shape index (κ2) is 24.0. The van der Waals surface area contributed by atoms with Crippen molar-refractivity contribution in [3.05, 3.63) is 184 Å². The number of aromatic hydroxyl groups is 2. The summed E-state index contributed by atoms with van der Waals surface area (Å²) in [5.41, 5.74) is 7.52. The summed E-state index contributed by atoms with van der Waals surface area (Å²) >= 11 is 6.01. The first-order valence-electron chi connectivity index (χ1n) is 23.5. The van der Waals surface area contributed by atoms with Crippen molar-refractivity contribution in [2.24, 2.45) is 15.2 Å². The Balaban J connectivity index is 0.000000181. The zero-order chi connectivity index (χ0) is 54.0. The van der Waals surface area contributed by atoms with E-state index in [0.717, 1.165) is 65.5 Å². The Kier molecular flexibility index (Phi) is 17.6. The second-order valence-electron chi connectivity index (χ2n) is 17.2. The summed E-state index contributed by atoms with van der Waals surface area (Å²) in [6.07, 6.45) is 2.05. The number of aryl methyl sites for hydroxylation is 1. The number of aliphatic imine (C=N–C) groups is 1. The topological polar surface area (TPSA) is 251 Å². The number of azo groups is 1. The fourth-order valence-electron chi connectivity index (χ4n) is 8.20. The summed E-state index contributed by atoms with van der Waals surface area (Å²) in [7, 11) is -7.62. The quantitative estimate of drug-likeness (QED) is 0.0320. The number of sulfonamides is 1. The number of amides is 1. The number of rotatable bonds is 15. The lowest BCUT2D eigenvalue weighted by molar-refractivity contribution is 0.0693. The summed E-state index contributed by atoms with van der Waals surface area (Å²) in [5.74, 6) is -2.39. The van der Waals surface area contributed by atoms with Crippen LogP contribution in [0.25, 0.3) is 44.3 Å². The van der Waals surface area contributed by atoms with Crippen LogP contribution in [0.1, 0.15) is 57.7 Å². The van der Waals surface area contributed by atoms with Gasteiger partial charge in [0.25, 0.3) is 16.0 Å². The largest absolute Gasteiger partial charge is 0.505 e. The minimum absolute atomic E-state index is 0.0473. The van der Waals surface area contributed by atoms with Crippen molar-refractivity contribution in [1.29, 1.82) is 0 Å². The van der Waals surface area contributed by atoms with Crippen LogP contribution in [0.4, 0.5) is 11.4 Å². The molecule has 0 unspecified atom stereocenters. The lowest BCUT2D eigenvalue weighted by atomic mass is 9.97. The Morgan fingerprint density at radius 2 is 1.25 bits per heavy atom. The zero-order valence-corrected chi connectivity index (χ0v) is 43.6. The molecule has 1 aliphatic heterocycles. The lowest BCUT2D eigenvalue weighted by Gasteiger charge is -2.17. The molecule has 9 rings (SSSR count). The van der Waals surface area contributed by atoms with E-state index in [0.29, 0.717) is 45.4 Å². The van der Waals surface area contributed by atoms with Crippen molar-refractivity contribution in [3.8, 4) is 45.1 Å². The van der Waals surface area contributed by atoms with E-state index in [9.17, 15) is 46.3 Å². The number of halogens is 1. The first-order valence-corrected chi connectivity index (χ1v) is 27.2. The average Bonchev–Trinajstić information content (AvgIpc) is 3.95. The summed E-state index contributed by atoms with van der Waals surface area (Å²) in [4.78, 5) is 33.4. The summed E-state index contributed by atoms with van der Waals surface area (Å²) in [5, 5.41) is 39.1. The molecule has 386 valence electrons. The maximum atomic E-state index is 12.9. The van der Waals surface area contributed by atoms with E-state index >= 15 is 0 Å². The Morgan fingerprint density at radius 3 is 1.80 bits per heavy atom. The van der Waals surface area contributed by atoms with E-state index in [2.05, 4.69) is 67.9 Å². The van der Waals surface area contributed by atoms with Gasteiger partial charge in [-0.3, -0.25) is 9.35 Å². The molecule has 0 radical (unpaired) electrons. The van der Waals surface area contributed by atoms with Gasteiger partial charge in [-0.1, -0.05) is 159 Å². The van der Waals surface area contributed by atoms with Gasteiger partial charge in [0.15, 0.2) is 11.6 Å². The van der Waals surface area contributed by atoms with Gasteiger partial charge in [-0.05, 0) is 89.9 Å². The number of aromatic carboxylic acids is 1. The third-order valence-electron chi connectivity index (χ3n) is 12.1. The highest BCUT2D eigenvalue weighted by Gasteiger charge is 2.33. The van der Waals surface area contributed by atoms with Crippen molar-refractivity contribution >= 4 is 71.5 Å². The van der Waals surface area contributed by atoms with Crippen molar-refractivity contribution < 1.29 is 46.3 Å². The first kappa shape index (κ1) is 54.9. The highest BCUT2D eigenvalue weighted by atomic mass is 35.5. The van der Waals surface area contributed by atoms with Gasteiger partial charge in [-0.15, -0.1) is 10.2 Å². The van der Waals surface area contributed by atoms with E-state index in [1.807, 2.05) is 84.9 Å². The number of aromatic nitrogens is 1. The molecule has 1 amide bonds. The van der Waals surface area contributed by atoms with Gasteiger partial charge in [0, 0.05) is 22.5 Å². The normalized spacial score (nSPS) is 12.3. The number of carboxylic acid groups (broad SMARTS) is 1. The Bertz CT molecular complexity index is 3660. The number of phenols is 1. The molecular weight excluding hydrogens is 1020 g/mol. The van der Waals surface area contributed by atoms with Crippen molar-refractivity contribution in [2.75, 3.05) is 32.4 Å². The molecule has 0 saturated heterocycles. The van der Waals surface area contributed by atoms with Gasteiger partial charge in [0.05, 0.1) is 28.8 Å². The van der Waals surface area contributed by atoms with Crippen LogP contribution in [0.5, 0.6) is 11.6 Å². The maximum absolute atomic E-state index is 12.9. The minimum atomic E-state index is -4.62. The predicted molar refractivity (Wildman–Crippen MR) is 293 cm³/mol. The van der Waals surface area contributed by atoms with Gasteiger partial charge in [0.1, 0.15) is 21.8 Å². The molecule has 7 aromatic carbocycles. The van der Waals surface area contributed by atoms with Crippen LogP contribution >= 0.6 is 11.6 Å². The number of aromatic amines is 1. The SMILES string of the molecule is CCN(CC)CCCNS(C)(=O)=O.Cc1cc(S(=O)(=O)O)c(N=Nc2c(O)c(C(=O)O)cc3ccccc23)cc1Cl.O=C1N=C(c2ccc(-c3ccccc3)cc2)c2c(O)[nH]c(-c3ccc(-c4ccccc4)cc3)c21. The fraction of sp³-hybridized carbons (Fsp3) is 0.161. The molecule has 0 atom stereocenters. The third-order valence-corrected chi connectivity index (χ3v) is 14.1. The van der Waals surface area contributed by atoms with Crippen molar-refractivity contribution in [1.82, 2.24) is 14.6 Å². The number of carbonyl (C=O) groups is 2. The number of hydrogen-bond acceptors (Lipinski definition) is 11. The number of fused-ring (bicyclic) bond motifs is 2. The monoisotopic (exact) mass is 1070 g/mol. The molecule has 2 heterocycles. The van der Waals surface area contributed by atoms with Crippen molar-refractivity contribution in [3.63, 3.8) is 0 Å². The number of nitrogens with one attached hydrogen (secondary N) is 2. The molecule has 6 N–H and O–H groups in total. The maximum Gasteiger partial charge on any atom is 0.339 e. The van der Waals surface area contributed by atoms with Gasteiger partial charge in [0.2, 0.25) is 10.0 Å². The van der Waals surface area contributed by atoms with Crippen LogP contribution in [-0.4, -0.2) is 96.6 Å². The number of carboxylic acids is 1. The average molecular weight is 1070 g/mol. The molecular formula is C56H53ClN6O10S2. The number of benzene rings is 7. The predicted octanol–water partition coefficient (Wildman–Crippen LogP) is 11.8. The molecule has 1 aromatic heterocycles. The summed E-state index contributed by atoms with van der Waals surface area (Å²) in [6.45, 7) is 9.30.